The molecule has 0 unspecified atom stereocenters. The fourth-order valence-corrected chi connectivity index (χ4v) is 11.0. The van der Waals surface area contributed by atoms with Gasteiger partial charge in [0.25, 0.3) is 0 Å². The molecule has 2 N–H and O–H groups in total. The third-order valence-corrected chi connectivity index (χ3v) is 16.6. The Hall–Kier alpha value is -2.68. The molecule has 274 valence electrons. The Morgan fingerprint density at radius 2 is 0.500 bits per heavy atom. The lowest BCUT2D eigenvalue weighted by Gasteiger charge is -2.10. The number of benzene rings is 4. The van der Waals surface area contributed by atoms with Gasteiger partial charge >= 0.3 is 0 Å². The third-order valence-electron chi connectivity index (χ3n) is 9.63. The van der Waals surface area contributed by atoms with Gasteiger partial charge in [0.1, 0.15) is 0 Å². The minimum atomic E-state index is 0.774. The quantitative estimate of drug-likeness (QED) is 0.185. The number of hydrogen-bond acceptors (Lipinski definition) is 2. The van der Waals surface area contributed by atoms with Crippen molar-refractivity contribution in [3.05, 3.63) is 162 Å². The van der Waals surface area contributed by atoms with Gasteiger partial charge in [-0.2, -0.15) is 0 Å². The van der Waals surface area contributed by atoms with Crippen LogP contribution in [-0.4, -0.2) is 19.9 Å². The van der Waals surface area contributed by atoms with Gasteiger partial charge in [0.2, 0.25) is 0 Å². The van der Waals surface area contributed by atoms with E-state index in [9.17, 15) is 0 Å². The van der Waals surface area contributed by atoms with Crippen molar-refractivity contribution in [1.29, 1.82) is 0 Å². The van der Waals surface area contributed by atoms with Gasteiger partial charge < -0.3 is 9.97 Å². The van der Waals surface area contributed by atoms with E-state index in [1.165, 1.54) is 0 Å². The van der Waals surface area contributed by atoms with Crippen LogP contribution in [0.4, 0.5) is 0 Å². The summed E-state index contributed by atoms with van der Waals surface area (Å²) in [5, 5.41) is 0. The summed E-state index contributed by atoms with van der Waals surface area (Å²) in [6.07, 6.45) is 0. The summed E-state index contributed by atoms with van der Waals surface area (Å²) < 4.78 is 7.09. The molecule has 9 rings (SSSR count). The third kappa shape index (κ3) is 6.69. The van der Waals surface area contributed by atoms with E-state index in [4.69, 9.17) is 9.97 Å². The largest absolute Gasteiger partial charge is 0.354 e. The number of rotatable bonds is 4. The normalized spacial score (nSPS) is 12.9. The molecule has 0 fully saturated rings. The van der Waals surface area contributed by atoms with Crippen LogP contribution in [0.3, 0.4) is 0 Å². The Morgan fingerprint density at radius 3 is 0.714 bits per heavy atom. The highest BCUT2D eigenvalue weighted by Crippen LogP contribution is 2.51. The van der Waals surface area contributed by atoms with Crippen LogP contribution in [0.5, 0.6) is 0 Å². The van der Waals surface area contributed by atoms with E-state index >= 15 is 0 Å². The van der Waals surface area contributed by atoms with Crippen molar-refractivity contribution in [3.8, 4) is 44.5 Å². The molecular weight excluding hydrogens is 1220 g/mol. The van der Waals surface area contributed by atoms with Gasteiger partial charge in [0.15, 0.2) is 0 Å². The summed E-state index contributed by atoms with van der Waals surface area (Å²) in [7, 11) is 0. The molecular formula is C44H22Br8N4. The highest BCUT2D eigenvalue weighted by atomic mass is 79.9. The smallest absolute Gasteiger partial charge is 0.0891 e. The van der Waals surface area contributed by atoms with Crippen LogP contribution in [0.15, 0.2) is 139 Å². The van der Waals surface area contributed by atoms with Gasteiger partial charge in [-0.25, -0.2) is 9.97 Å². The molecule has 0 amide bonds. The van der Waals surface area contributed by atoms with Gasteiger partial charge in [-0.1, -0.05) is 137 Å². The molecule has 3 aromatic heterocycles. The summed E-state index contributed by atoms with van der Waals surface area (Å²) >= 11 is 31.6. The van der Waals surface area contributed by atoms with E-state index in [2.05, 4.69) is 210 Å². The van der Waals surface area contributed by atoms with Crippen molar-refractivity contribution in [1.82, 2.24) is 19.9 Å². The summed E-state index contributed by atoms with van der Waals surface area (Å²) in [6, 6.07) is 41.4. The second-order valence-electron chi connectivity index (χ2n) is 12.9. The molecule has 4 nitrogen and oxygen atoms in total. The fraction of sp³-hybridized carbons (Fsp3) is 0. The maximum absolute atomic E-state index is 5.52. The van der Waals surface area contributed by atoms with Crippen molar-refractivity contribution in [2.24, 2.45) is 0 Å². The number of halogens is 8. The van der Waals surface area contributed by atoms with Crippen LogP contribution in [-0.2, 0) is 0 Å². The summed E-state index contributed by atoms with van der Waals surface area (Å²) in [6.45, 7) is 0. The van der Waals surface area contributed by atoms with Gasteiger partial charge in [-0.3, -0.25) is 0 Å². The average molecular weight is 1250 g/mol. The van der Waals surface area contributed by atoms with E-state index in [0.717, 1.165) is 125 Å². The first-order valence-corrected chi connectivity index (χ1v) is 23.4. The van der Waals surface area contributed by atoms with E-state index in [-0.39, 0.29) is 0 Å². The molecule has 56 heavy (non-hydrogen) atoms. The Labute approximate surface area is 389 Å². The van der Waals surface area contributed by atoms with E-state index < -0.39 is 0 Å². The number of nitrogens with zero attached hydrogens (tertiary/aromatic N) is 2. The zero-order valence-corrected chi connectivity index (χ0v) is 41.2. The van der Waals surface area contributed by atoms with Crippen molar-refractivity contribution in [3.63, 3.8) is 0 Å². The molecule has 0 spiro atoms. The van der Waals surface area contributed by atoms with Crippen molar-refractivity contribution in [2.45, 2.75) is 0 Å². The topological polar surface area (TPSA) is 57.4 Å². The number of aromatic amines is 2. The van der Waals surface area contributed by atoms with Gasteiger partial charge in [-0.15, -0.1) is 0 Å². The minimum Gasteiger partial charge on any atom is -0.354 e. The molecule has 12 heteroatoms. The monoisotopic (exact) mass is 1240 g/mol. The Kier molecular flexibility index (Phi) is 11.0. The first kappa shape index (κ1) is 38.8. The number of H-pyrrole nitrogens is 2. The van der Waals surface area contributed by atoms with Crippen LogP contribution in [0, 0.1) is 0 Å². The molecule has 0 saturated carbocycles. The predicted molar refractivity (Wildman–Crippen MR) is 263 cm³/mol. The SMILES string of the molecule is BrC1=C(Br)c2nc1c(-c1ccccc1Br)c1ccc([nH]1)c(-c1ccccc1Br)c1nc(c(-c3ccccc3Br)c3ccc([nH]3)c2-c2ccccc2Br)C(Br)=C1Br. The predicted octanol–water partition coefficient (Wildman–Crippen LogP) is 17.3. The van der Waals surface area contributed by atoms with Crippen molar-refractivity contribution >= 4 is 167 Å². The minimum absolute atomic E-state index is 0.774. The molecule has 0 radical (unpaired) electrons. The second-order valence-corrected chi connectivity index (χ2v) is 19.5. The molecule has 0 saturated heterocycles. The number of nitrogens with one attached hydrogen (secondary N) is 2. The van der Waals surface area contributed by atoms with Crippen LogP contribution >= 0.6 is 127 Å². The fourth-order valence-electron chi connectivity index (χ4n) is 7.13. The number of hydrogen-bond donors (Lipinski definition) is 2. The first-order chi connectivity index (χ1) is 27.1. The highest BCUT2D eigenvalue weighted by Gasteiger charge is 2.29. The zero-order valence-electron chi connectivity index (χ0n) is 28.5. The summed E-state index contributed by atoms with van der Waals surface area (Å²) in [5.41, 5.74) is 14.2. The molecule has 7 aromatic rings. The standard InChI is InChI=1S/C44H22Br8N4/c45-25-13-5-1-9-21(25)33-29-17-18-30(53-29)34(22-10-2-6-14-26(22)46)43-39(51)40(52)44(56-43)36(24-12-4-8-16-28(24)48)32-20-19-31(54-32)35(23-11-3-7-15-27(23)47)42-38(50)37(49)41(33)55-42/h1-20,53-54H. The Balaban J connectivity index is 1.58. The number of aromatic nitrogens is 4. The molecule has 8 bridgehead atoms. The zero-order chi connectivity index (χ0) is 38.8. The highest BCUT2D eigenvalue weighted by molar-refractivity contribution is 9.18. The Bertz CT molecular complexity index is 2630. The van der Waals surface area contributed by atoms with E-state index in [1.54, 1.807) is 0 Å². The molecule has 2 aliphatic rings. The maximum atomic E-state index is 5.52. The Morgan fingerprint density at radius 1 is 0.286 bits per heavy atom. The lowest BCUT2D eigenvalue weighted by atomic mass is 10.0. The van der Waals surface area contributed by atoms with Crippen LogP contribution in [0.25, 0.3) is 84.5 Å². The van der Waals surface area contributed by atoms with Gasteiger partial charge in [0.05, 0.1) is 40.7 Å². The lowest BCUT2D eigenvalue weighted by molar-refractivity contribution is 1.30. The van der Waals surface area contributed by atoms with Gasteiger partial charge in [0, 0.05) is 84.5 Å². The first-order valence-electron chi connectivity index (χ1n) is 17.0. The van der Waals surface area contributed by atoms with Crippen molar-refractivity contribution in [2.75, 3.05) is 0 Å². The van der Waals surface area contributed by atoms with Crippen LogP contribution in [0.1, 0.15) is 22.8 Å². The van der Waals surface area contributed by atoms with Crippen LogP contribution in [0.2, 0.25) is 0 Å². The molecule has 0 atom stereocenters. The lowest BCUT2D eigenvalue weighted by Crippen LogP contribution is -1.92. The van der Waals surface area contributed by atoms with Gasteiger partial charge in [-0.05, 0) is 112 Å². The van der Waals surface area contributed by atoms with Crippen molar-refractivity contribution < 1.29 is 0 Å². The summed E-state index contributed by atoms with van der Waals surface area (Å²) in [4.78, 5) is 18.7. The van der Waals surface area contributed by atoms with Crippen LogP contribution < -0.4 is 0 Å². The maximum Gasteiger partial charge on any atom is 0.0891 e. The molecule has 4 aromatic carbocycles. The number of fused-ring (bicyclic) bond motifs is 8. The molecule has 2 aliphatic heterocycles. The molecule has 5 heterocycles. The second kappa shape index (κ2) is 15.8. The van der Waals surface area contributed by atoms with E-state index in [0.29, 0.717) is 0 Å². The van der Waals surface area contributed by atoms with E-state index in [1.807, 2.05) is 48.5 Å². The average Bonchev–Trinajstić information content (AvgIpc) is 3.99. The summed E-state index contributed by atoms with van der Waals surface area (Å²) in [5.74, 6) is 0. The molecule has 0 aliphatic carbocycles.